The highest BCUT2D eigenvalue weighted by Gasteiger charge is 2.69. The van der Waals surface area contributed by atoms with Gasteiger partial charge < -0.3 is 14.2 Å². The molecule has 6 fully saturated rings. The van der Waals surface area contributed by atoms with Crippen molar-refractivity contribution in [3.05, 3.63) is 0 Å². The maximum absolute atomic E-state index is 10.9. The highest BCUT2D eigenvalue weighted by Crippen LogP contribution is 2.71. The molecule has 12 atom stereocenters. The summed E-state index contributed by atoms with van der Waals surface area (Å²) < 4.78 is 18.8. The van der Waals surface area contributed by atoms with Crippen LogP contribution in [0.25, 0.3) is 0 Å². The Hall–Kier alpha value is -0.610. The fraction of sp³-hybridized carbons (Fsp3) is 0.964. The minimum atomic E-state index is -0.298. The van der Waals surface area contributed by atoms with Gasteiger partial charge in [0.05, 0.1) is 12.7 Å². The molecule has 180 valence electrons. The van der Waals surface area contributed by atoms with Crippen molar-refractivity contribution in [1.29, 1.82) is 0 Å². The average molecular weight is 445 g/mol. The van der Waals surface area contributed by atoms with E-state index in [4.69, 9.17) is 14.2 Å². The molecule has 4 heteroatoms. The monoisotopic (exact) mass is 444 g/mol. The maximum Gasteiger partial charge on any atom is 0.293 e. The summed E-state index contributed by atoms with van der Waals surface area (Å²) in [5, 5.41) is 0. The number of carbonyl (C=O) groups excluding carboxylic acids is 1. The summed E-state index contributed by atoms with van der Waals surface area (Å²) in [7, 11) is 0. The fourth-order valence-corrected chi connectivity index (χ4v) is 10.4. The lowest BCUT2D eigenvalue weighted by Gasteiger charge is -2.61. The van der Waals surface area contributed by atoms with E-state index in [0.717, 1.165) is 49.5 Å². The highest BCUT2D eigenvalue weighted by molar-refractivity contribution is 5.37. The van der Waals surface area contributed by atoms with E-state index in [-0.39, 0.29) is 11.9 Å². The van der Waals surface area contributed by atoms with Gasteiger partial charge in [0.25, 0.3) is 6.47 Å². The summed E-state index contributed by atoms with van der Waals surface area (Å²) in [5.41, 5.74) is 0.837. The smallest absolute Gasteiger partial charge is 0.293 e. The molecule has 1 spiro atoms. The van der Waals surface area contributed by atoms with Gasteiger partial charge >= 0.3 is 0 Å². The first-order chi connectivity index (χ1) is 15.3. The van der Waals surface area contributed by atoms with Crippen molar-refractivity contribution in [1.82, 2.24) is 0 Å². The Labute approximate surface area is 194 Å². The second-order valence-electron chi connectivity index (χ2n) is 13.3. The van der Waals surface area contributed by atoms with Gasteiger partial charge in [-0.15, -0.1) is 0 Å². The van der Waals surface area contributed by atoms with Gasteiger partial charge in [-0.3, -0.25) is 4.79 Å². The second-order valence-corrected chi connectivity index (χ2v) is 13.3. The SMILES string of the molecule is CC1CCC2(OC1)OC1CC3C4CCC5CC(OC=O)CCC5(C)C4CCC3(C)C1C2C. The molecule has 2 aliphatic heterocycles. The summed E-state index contributed by atoms with van der Waals surface area (Å²) in [5.74, 6) is 4.75. The lowest BCUT2D eigenvalue weighted by molar-refractivity contribution is -0.273. The molecule has 6 rings (SSSR count). The van der Waals surface area contributed by atoms with Gasteiger partial charge in [-0.1, -0.05) is 27.7 Å². The molecule has 4 saturated carbocycles. The Morgan fingerprint density at radius 1 is 0.906 bits per heavy atom. The van der Waals surface area contributed by atoms with Gasteiger partial charge in [0, 0.05) is 12.3 Å². The zero-order valence-electron chi connectivity index (χ0n) is 20.7. The average Bonchev–Trinajstić information content (AvgIpc) is 3.21. The number of carbonyl (C=O) groups is 1. The first kappa shape index (κ1) is 21.9. The molecule has 6 aliphatic rings. The molecule has 2 heterocycles. The van der Waals surface area contributed by atoms with Crippen LogP contribution in [0, 0.1) is 52.3 Å². The third-order valence-electron chi connectivity index (χ3n) is 12.1. The maximum atomic E-state index is 10.9. The van der Waals surface area contributed by atoms with Gasteiger partial charge in [0.2, 0.25) is 0 Å². The van der Waals surface area contributed by atoms with Crippen molar-refractivity contribution in [2.75, 3.05) is 6.61 Å². The molecular weight excluding hydrogens is 400 g/mol. The van der Waals surface area contributed by atoms with Crippen LogP contribution >= 0.6 is 0 Å². The van der Waals surface area contributed by atoms with Crippen LogP contribution in [0.1, 0.15) is 91.9 Å². The van der Waals surface area contributed by atoms with Gasteiger partial charge in [0.15, 0.2) is 5.79 Å². The van der Waals surface area contributed by atoms with E-state index in [1.54, 1.807) is 0 Å². The van der Waals surface area contributed by atoms with Gasteiger partial charge in [-0.2, -0.15) is 0 Å². The molecule has 4 nitrogen and oxygen atoms in total. The van der Waals surface area contributed by atoms with Gasteiger partial charge in [0.1, 0.15) is 6.10 Å². The molecular formula is C28H44O4. The summed E-state index contributed by atoms with van der Waals surface area (Å²) in [6.45, 7) is 11.5. The first-order valence-electron chi connectivity index (χ1n) is 13.7. The fourth-order valence-electron chi connectivity index (χ4n) is 10.4. The van der Waals surface area contributed by atoms with Crippen LogP contribution in [0.3, 0.4) is 0 Å². The molecule has 0 radical (unpaired) electrons. The first-order valence-corrected chi connectivity index (χ1v) is 13.7. The number of ether oxygens (including phenoxy) is 3. The van der Waals surface area contributed by atoms with E-state index in [1.165, 1.54) is 44.9 Å². The van der Waals surface area contributed by atoms with Crippen molar-refractivity contribution in [3.63, 3.8) is 0 Å². The lowest BCUT2D eigenvalue weighted by Crippen LogP contribution is -2.55. The van der Waals surface area contributed by atoms with Crippen LogP contribution in [-0.2, 0) is 19.0 Å². The van der Waals surface area contributed by atoms with Crippen molar-refractivity contribution >= 4 is 6.47 Å². The molecule has 0 aromatic carbocycles. The van der Waals surface area contributed by atoms with Crippen molar-refractivity contribution in [3.8, 4) is 0 Å². The molecule has 4 aliphatic carbocycles. The number of hydrogen-bond acceptors (Lipinski definition) is 4. The van der Waals surface area contributed by atoms with Crippen LogP contribution in [0.4, 0.5) is 0 Å². The third kappa shape index (κ3) is 2.90. The van der Waals surface area contributed by atoms with E-state index in [2.05, 4.69) is 27.7 Å². The number of fused-ring (bicyclic) bond motifs is 7. The third-order valence-corrected chi connectivity index (χ3v) is 12.1. The van der Waals surface area contributed by atoms with E-state index >= 15 is 0 Å². The van der Waals surface area contributed by atoms with E-state index in [0.29, 0.717) is 41.2 Å². The molecule has 12 unspecified atom stereocenters. The Kier molecular flexibility index (Phi) is 5.09. The minimum Gasteiger partial charge on any atom is -0.465 e. The van der Waals surface area contributed by atoms with E-state index < -0.39 is 0 Å². The molecule has 2 saturated heterocycles. The number of hydrogen-bond donors (Lipinski definition) is 0. The van der Waals surface area contributed by atoms with Crippen LogP contribution in [0.15, 0.2) is 0 Å². The topological polar surface area (TPSA) is 44.8 Å². The minimum absolute atomic E-state index is 0.158. The highest BCUT2D eigenvalue weighted by atomic mass is 16.7. The zero-order valence-corrected chi connectivity index (χ0v) is 20.7. The summed E-state index contributed by atoms with van der Waals surface area (Å²) in [4.78, 5) is 10.9. The summed E-state index contributed by atoms with van der Waals surface area (Å²) >= 11 is 0. The zero-order chi connectivity index (χ0) is 22.3. The van der Waals surface area contributed by atoms with Crippen LogP contribution in [0.5, 0.6) is 0 Å². The molecule has 0 bridgehead atoms. The van der Waals surface area contributed by atoms with Crippen molar-refractivity contribution < 1.29 is 19.0 Å². The normalized spacial score (nSPS) is 59.1. The second kappa shape index (κ2) is 7.44. The van der Waals surface area contributed by atoms with Gasteiger partial charge in [-0.05, 0) is 104 Å². The van der Waals surface area contributed by atoms with Crippen molar-refractivity contribution in [2.45, 2.75) is 110 Å². The van der Waals surface area contributed by atoms with Crippen LogP contribution < -0.4 is 0 Å². The largest absolute Gasteiger partial charge is 0.465 e. The van der Waals surface area contributed by atoms with Crippen LogP contribution in [0.2, 0.25) is 0 Å². The Bertz CT molecular complexity index is 744. The molecule has 0 aromatic heterocycles. The Morgan fingerprint density at radius 2 is 1.72 bits per heavy atom. The van der Waals surface area contributed by atoms with Crippen molar-refractivity contribution in [2.24, 2.45) is 52.3 Å². The van der Waals surface area contributed by atoms with E-state index in [9.17, 15) is 4.79 Å². The Morgan fingerprint density at radius 3 is 2.47 bits per heavy atom. The molecule has 0 aromatic rings. The summed E-state index contributed by atoms with van der Waals surface area (Å²) in [6, 6.07) is 0. The molecule has 0 amide bonds. The van der Waals surface area contributed by atoms with Crippen LogP contribution in [-0.4, -0.2) is 31.1 Å². The Balaban J connectivity index is 1.22. The summed E-state index contributed by atoms with van der Waals surface area (Å²) in [6.07, 6.45) is 12.9. The van der Waals surface area contributed by atoms with Gasteiger partial charge in [-0.25, -0.2) is 0 Å². The molecule has 0 N–H and O–H groups in total. The van der Waals surface area contributed by atoms with E-state index in [1.807, 2.05) is 0 Å². The lowest BCUT2D eigenvalue weighted by atomic mass is 9.44. The molecule has 32 heavy (non-hydrogen) atoms. The quantitative estimate of drug-likeness (QED) is 0.492. The predicted octanol–water partition coefficient (Wildman–Crippen LogP) is 5.97. The predicted molar refractivity (Wildman–Crippen MR) is 123 cm³/mol. The standard InChI is InChI=1S/C28H44O4/c1-17-7-12-28(31-15-17)18(2)25-24(32-28)14-23-21-6-5-19-13-20(30-16-29)8-10-26(19,3)22(21)9-11-27(23,25)4/h16-25H,5-15H2,1-4H3. The number of rotatable bonds is 2.